The Morgan fingerprint density at radius 3 is 2.70 bits per heavy atom. The van der Waals surface area contributed by atoms with Gasteiger partial charge in [0, 0.05) is 5.57 Å². The second-order valence-electron chi connectivity index (χ2n) is 4.33. The maximum Gasteiger partial charge on any atom is 0.366 e. The molecule has 1 heterocycles. The zero-order valence-corrected chi connectivity index (χ0v) is 11.0. The summed E-state index contributed by atoms with van der Waals surface area (Å²) < 4.78 is 9.91. The van der Waals surface area contributed by atoms with Crippen LogP contribution in [0.5, 0.6) is 0 Å². The Bertz CT molecular complexity index is 602. The van der Waals surface area contributed by atoms with Gasteiger partial charge in [0.25, 0.3) is 0 Å². The van der Waals surface area contributed by atoms with Gasteiger partial charge in [0.05, 0.1) is 12.5 Å². The van der Waals surface area contributed by atoms with Crippen LogP contribution in [0.3, 0.4) is 0 Å². The first kappa shape index (κ1) is 13.8. The summed E-state index contributed by atoms with van der Waals surface area (Å²) in [6.07, 6.45) is 0. The first-order chi connectivity index (χ1) is 9.56. The molecule has 5 nitrogen and oxygen atoms in total. The van der Waals surface area contributed by atoms with Gasteiger partial charge in [0.2, 0.25) is 0 Å². The van der Waals surface area contributed by atoms with E-state index in [4.69, 9.17) is 9.47 Å². The fraction of sp³-hybridized carbons (Fsp3) is 0.267. The molecule has 1 aliphatic heterocycles. The highest BCUT2D eigenvalue weighted by molar-refractivity contribution is 6.01. The van der Waals surface area contributed by atoms with Gasteiger partial charge >= 0.3 is 17.5 Å². The van der Waals surface area contributed by atoms with Crippen LogP contribution in [0.2, 0.25) is 0 Å². The molecule has 2 rings (SSSR count). The number of cyclic esters (lactones) is 1. The highest BCUT2D eigenvalue weighted by Gasteiger charge is 2.60. The topological polar surface area (TPSA) is 76.4 Å². The van der Waals surface area contributed by atoms with Crippen molar-refractivity contribution in [1.82, 2.24) is 0 Å². The van der Waals surface area contributed by atoms with E-state index in [2.05, 4.69) is 6.58 Å². The molecular formula is C15H13NO4. The van der Waals surface area contributed by atoms with E-state index in [-0.39, 0.29) is 12.2 Å². The molecular weight excluding hydrogens is 258 g/mol. The molecule has 1 saturated heterocycles. The van der Waals surface area contributed by atoms with Crippen LogP contribution in [0, 0.1) is 11.3 Å². The van der Waals surface area contributed by atoms with E-state index in [1.807, 2.05) is 0 Å². The number of carbonyl (C=O) groups excluding carboxylic acids is 2. The van der Waals surface area contributed by atoms with E-state index in [1.54, 1.807) is 43.3 Å². The predicted molar refractivity (Wildman–Crippen MR) is 69.4 cm³/mol. The lowest BCUT2D eigenvalue weighted by Gasteiger charge is -2.24. The number of benzene rings is 1. The fourth-order valence-corrected chi connectivity index (χ4v) is 2.25. The highest BCUT2D eigenvalue weighted by atomic mass is 16.6. The minimum Gasteiger partial charge on any atom is -0.462 e. The molecule has 0 radical (unpaired) electrons. The third kappa shape index (κ3) is 1.95. The zero-order valence-electron chi connectivity index (χ0n) is 11.0. The van der Waals surface area contributed by atoms with Crippen LogP contribution in [0.15, 0.2) is 42.5 Å². The van der Waals surface area contributed by atoms with Crippen molar-refractivity contribution in [3.05, 3.63) is 48.0 Å². The zero-order chi connectivity index (χ0) is 14.8. The molecule has 20 heavy (non-hydrogen) atoms. The fourth-order valence-electron chi connectivity index (χ4n) is 2.25. The summed E-state index contributed by atoms with van der Waals surface area (Å²) in [7, 11) is 0. The third-order valence-corrected chi connectivity index (χ3v) is 3.15. The van der Waals surface area contributed by atoms with Crippen LogP contribution in [0.4, 0.5) is 0 Å². The number of nitriles is 1. The molecule has 0 N–H and O–H groups in total. The average Bonchev–Trinajstić information content (AvgIpc) is 2.73. The smallest absolute Gasteiger partial charge is 0.366 e. The normalized spacial score (nSPS) is 24.9. The number of hydrogen-bond donors (Lipinski definition) is 0. The van der Waals surface area contributed by atoms with E-state index >= 15 is 0 Å². The Balaban J connectivity index is 2.55. The average molecular weight is 271 g/mol. The monoisotopic (exact) mass is 271 g/mol. The minimum atomic E-state index is -1.99. The molecule has 0 aliphatic carbocycles. The lowest BCUT2D eigenvalue weighted by atomic mass is 9.80. The molecule has 0 aromatic heterocycles. The summed E-state index contributed by atoms with van der Waals surface area (Å²) in [4.78, 5) is 23.9. The number of ether oxygens (including phenoxy) is 2. The number of esters is 2. The Labute approximate surface area is 116 Å². The van der Waals surface area contributed by atoms with Crippen LogP contribution in [-0.4, -0.2) is 24.1 Å². The standard InChI is InChI=1S/C15H13NO4/c1-3-19-14(18)15(9-16)12(10(2)13(17)20-15)11-7-5-4-6-8-11/h4-8,12H,2-3H2,1H3. The van der Waals surface area contributed by atoms with Crippen molar-refractivity contribution in [1.29, 1.82) is 5.26 Å². The summed E-state index contributed by atoms with van der Waals surface area (Å²) in [6.45, 7) is 5.35. The third-order valence-electron chi connectivity index (χ3n) is 3.15. The van der Waals surface area contributed by atoms with Crippen molar-refractivity contribution < 1.29 is 19.1 Å². The first-order valence-electron chi connectivity index (χ1n) is 6.12. The number of rotatable bonds is 3. The van der Waals surface area contributed by atoms with Crippen molar-refractivity contribution in [2.45, 2.75) is 18.4 Å². The second kappa shape index (κ2) is 5.17. The van der Waals surface area contributed by atoms with E-state index in [0.29, 0.717) is 5.56 Å². The highest BCUT2D eigenvalue weighted by Crippen LogP contribution is 2.44. The Hall–Kier alpha value is -2.61. The lowest BCUT2D eigenvalue weighted by Crippen LogP contribution is -2.43. The molecule has 2 unspecified atom stereocenters. The van der Waals surface area contributed by atoms with E-state index in [9.17, 15) is 14.9 Å². The maximum absolute atomic E-state index is 12.1. The van der Waals surface area contributed by atoms with Gasteiger partial charge in [0.15, 0.2) is 0 Å². The van der Waals surface area contributed by atoms with Gasteiger partial charge < -0.3 is 9.47 Å². The van der Waals surface area contributed by atoms with Crippen molar-refractivity contribution >= 4 is 11.9 Å². The van der Waals surface area contributed by atoms with Crippen molar-refractivity contribution in [2.75, 3.05) is 6.61 Å². The lowest BCUT2D eigenvalue weighted by molar-refractivity contribution is -0.168. The molecule has 5 heteroatoms. The van der Waals surface area contributed by atoms with Crippen molar-refractivity contribution in [2.24, 2.45) is 0 Å². The van der Waals surface area contributed by atoms with Gasteiger partial charge in [-0.1, -0.05) is 36.9 Å². The minimum absolute atomic E-state index is 0.0748. The number of hydrogen-bond acceptors (Lipinski definition) is 5. The van der Waals surface area contributed by atoms with E-state index < -0.39 is 23.5 Å². The quantitative estimate of drug-likeness (QED) is 0.618. The SMILES string of the molecule is C=C1C(=O)OC(C#N)(C(=O)OCC)C1c1ccccc1. The number of carbonyl (C=O) groups is 2. The summed E-state index contributed by atoms with van der Waals surface area (Å²) in [6, 6.07) is 10.5. The maximum atomic E-state index is 12.1. The Kier molecular flexibility index (Phi) is 3.57. The van der Waals surface area contributed by atoms with Crippen LogP contribution in [0.1, 0.15) is 18.4 Å². The molecule has 1 aromatic rings. The molecule has 102 valence electrons. The van der Waals surface area contributed by atoms with Crippen molar-refractivity contribution in [3.8, 4) is 6.07 Å². The van der Waals surface area contributed by atoms with Gasteiger partial charge in [0.1, 0.15) is 6.07 Å². The second-order valence-corrected chi connectivity index (χ2v) is 4.33. The largest absolute Gasteiger partial charge is 0.462 e. The van der Waals surface area contributed by atoms with Gasteiger partial charge in [-0.3, -0.25) is 0 Å². The summed E-state index contributed by atoms with van der Waals surface area (Å²) >= 11 is 0. The molecule has 1 aliphatic rings. The van der Waals surface area contributed by atoms with Crippen LogP contribution >= 0.6 is 0 Å². The number of nitrogens with zero attached hydrogens (tertiary/aromatic N) is 1. The summed E-state index contributed by atoms with van der Waals surface area (Å²) in [5.41, 5.74) is -1.31. The first-order valence-corrected chi connectivity index (χ1v) is 6.12. The molecule has 0 spiro atoms. The molecule has 0 amide bonds. The van der Waals surface area contributed by atoms with Crippen LogP contribution in [0.25, 0.3) is 0 Å². The molecule has 0 saturated carbocycles. The Morgan fingerprint density at radius 2 is 2.15 bits per heavy atom. The molecule has 2 atom stereocenters. The van der Waals surface area contributed by atoms with Gasteiger partial charge in [-0.2, -0.15) is 5.26 Å². The van der Waals surface area contributed by atoms with E-state index in [0.717, 1.165) is 0 Å². The van der Waals surface area contributed by atoms with Gasteiger partial charge in [-0.05, 0) is 12.5 Å². The molecule has 0 bridgehead atoms. The summed E-state index contributed by atoms with van der Waals surface area (Å²) in [5, 5.41) is 9.41. The Morgan fingerprint density at radius 1 is 1.50 bits per heavy atom. The molecule has 1 fully saturated rings. The van der Waals surface area contributed by atoms with Crippen LogP contribution in [-0.2, 0) is 19.1 Å². The van der Waals surface area contributed by atoms with Gasteiger partial charge in [-0.15, -0.1) is 0 Å². The van der Waals surface area contributed by atoms with E-state index in [1.165, 1.54) is 0 Å². The van der Waals surface area contributed by atoms with Crippen LogP contribution < -0.4 is 0 Å². The molecule has 1 aromatic carbocycles. The van der Waals surface area contributed by atoms with Gasteiger partial charge in [-0.25, -0.2) is 9.59 Å². The predicted octanol–water partition coefficient (Wildman–Crippen LogP) is 1.71. The summed E-state index contributed by atoms with van der Waals surface area (Å²) in [5.74, 6) is -2.49. The van der Waals surface area contributed by atoms with Crippen molar-refractivity contribution in [3.63, 3.8) is 0 Å².